The highest BCUT2D eigenvalue weighted by atomic mass is 19.1. The first kappa shape index (κ1) is 18.2. The monoisotopic (exact) mass is 379 g/mol. The van der Waals surface area contributed by atoms with Crippen LogP contribution in [-0.2, 0) is 29.6 Å². The molecule has 28 heavy (non-hydrogen) atoms. The Balaban J connectivity index is 1.37. The topological polar surface area (TPSA) is 54.3 Å². The molecule has 1 N–H and O–H groups in total. The molecular formula is C22H22FN3O2. The Morgan fingerprint density at radius 1 is 1.18 bits per heavy atom. The molecule has 4 rings (SSSR count). The van der Waals surface area contributed by atoms with Crippen molar-refractivity contribution >= 4 is 22.7 Å². The summed E-state index contributed by atoms with van der Waals surface area (Å²) in [7, 11) is 1.96. The van der Waals surface area contributed by atoms with Crippen molar-refractivity contribution in [3.63, 3.8) is 0 Å². The molecule has 0 bridgehead atoms. The highest BCUT2D eigenvalue weighted by Gasteiger charge is 2.30. The van der Waals surface area contributed by atoms with E-state index in [4.69, 9.17) is 0 Å². The number of carbonyl (C=O) groups excluding carboxylic acids is 2. The van der Waals surface area contributed by atoms with E-state index in [9.17, 15) is 14.0 Å². The summed E-state index contributed by atoms with van der Waals surface area (Å²) in [6.45, 7) is 0.895. The van der Waals surface area contributed by atoms with Crippen LogP contribution in [0.1, 0.15) is 17.5 Å². The summed E-state index contributed by atoms with van der Waals surface area (Å²) in [6, 6.07) is 13.9. The second kappa shape index (κ2) is 7.46. The van der Waals surface area contributed by atoms with E-state index in [0.29, 0.717) is 19.5 Å². The molecule has 0 saturated carbocycles. The Labute approximate surface area is 162 Å². The number of amides is 2. The standard InChI is InChI=1S/C22H22FN3O2/c1-25-13-16(19-4-2-3-5-20(19)25)10-21(27)24-18-11-22(28)26(14-18)12-15-6-8-17(23)9-7-15/h2-9,13,18H,10-12,14H2,1H3,(H,24,27)/t18-/m1/s1. The summed E-state index contributed by atoms with van der Waals surface area (Å²) in [5, 5.41) is 4.06. The van der Waals surface area contributed by atoms with Gasteiger partial charge in [0.25, 0.3) is 0 Å². The molecule has 1 aliphatic rings. The number of hydrogen-bond donors (Lipinski definition) is 1. The molecule has 0 unspecified atom stereocenters. The molecule has 2 amide bonds. The number of halogens is 1. The van der Waals surface area contributed by atoms with Gasteiger partial charge in [-0.05, 0) is 29.3 Å². The second-order valence-corrected chi connectivity index (χ2v) is 7.33. The Bertz CT molecular complexity index is 1030. The minimum atomic E-state index is -0.296. The van der Waals surface area contributed by atoms with Crippen LogP contribution in [-0.4, -0.2) is 33.9 Å². The Morgan fingerprint density at radius 2 is 1.93 bits per heavy atom. The van der Waals surface area contributed by atoms with Crippen molar-refractivity contribution in [2.45, 2.75) is 25.4 Å². The number of hydrogen-bond acceptors (Lipinski definition) is 2. The lowest BCUT2D eigenvalue weighted by molar-refractivity contribution is -0.128. The van der Waals surface area contributed by atoms with Gasteiger partial charge in [-0.1, -0.05) is 30.3 Å². The van der Waals surface area contributed by atoms with Gasteiger partial charge >= 0.3 is 0 Å². The summed E-state index contributed by atoms with van der Waals surface area (Å²) in [5.74, 6) is -0.382. The summed E-state index contributed by atoms with van der Waals surface area (Å²) >= 11 is 0. The third kappa shape index (κ3) is 3.76. The zero-order valence-electron chi connectivity index (χ0n) is 15.7. The molecule has 5 nitrogen and oxygen atoms in total. The molecule has 1 saturated heterocycles. The van der Waals surface area contributed by atoms with E-state index in [-0.39, 0.29) is 30.1 Å². The van der Waals surface area contributed by atoms with E-state index in [1.54, 1.807) is 17.0 Å². The molecule has 0 aliphatic carbocycles. The van der Waals surface area contributed by atoms with Crippen LogP contribution in [0.2, 0.25) is 0 Å². The van der Waals surface area contributed by atoms with E-state index >= 15 is 0 Å². The molecule has 0 radical (unpaired) electrons. The van der Waals surface area contributed by atoms with Crippen LogP contribution in [0.25, 0.3) is 10.9 Å². The number of benzene rings is 2. The number of para-hydroxylation sites is 1. The molecule has 1 aliphatic heterocycles. The van der Waals surface area contributed by atoms with Crippen molar-refractivity contribution in [2.75, 3.05) is 6.54 Å². The lowest BCUT2D eigenvalue weighted by Gasteiger charge is -2.17. The van der Waals surface area contributed by atoms with E-state index in [1.807, 2.05) is 42.1 Å². The maximum Gasteiger partial charge on any atom is 0.225 e. The molecular weight excluding hydrogens is 357 g/mol. The highest BCUT2D eigenvalue weighted by molar-refractivity contribution is 5.90. The number of nitrogens with one attached hydrogen (secondary N) is 1. The van der Waals surface area contributed by atoms with Crippen LogP contribution in [0.4, 0.5) is 4.39 Å². The van der Waals surface area contributed by atoms with Crippen LogP contribution in [0.3, 0.4) is 0 Å². The molecule has 2 aromatic carbocycles. The van der Waals surface area contributed by atoms with Crippen molar-refractivity contribution in [3.8, 4) is 0 Å². The number of rotatable bonds is 5. The molecule has 1 aromatic heterocycles. The van der Waals surface area contributed by atoms with Gasteiger partial charge in [0.05, 0.1) is 12.5 Å². The van der Waals surface area contributed by atoms with Gasteiger partial charge in [0.2, 0.25) is 11.8 Å². The Morgan fingerprint density at radius 3 is 2.71 bits per heavy atom. The normalized spacial score (nSPS) is 16.7. The molecule has 2 heterocycles. The summed E-state index contributed by atoms with van der Waals surface area (Å²) in [4.78, 5) is 26.5. The Kier molecular flexibility index (Phi) is 4.86. The van der Waals surface area contributed by atoms with E-state index < -0.39 is 0 Å². The summed E-state index contributed by atoms with van der Waals surface area (Å²) < 4.78 is 15.0. The quantitative estimate of drug-likeness (QED) is 0.741. The maximum atomic E-state index is 13.0. The third-order valence-electron chi connectivity index (χ3n) is 5.20. The fourth-order valence-corrected chi connectivity index (χ4v) is 3.85. The number of carbonyl (C=O) groups is 2. The molecule has 144 valence electrons. The summed E-state index contributed by atoms with van der Waals surface area (Å²) in [5.41, 5.74) is 2.94. The van der Waals surface area contributed by atoms with Gasteiger partial charge in [0.1, 0.15) is 5.82 Å². The van der Waals surface area contributed by atoms with Crippen LogP contribution in [0.15, 0.2) is 54.7 Å². The van der Waals surface area contributed by atoms with Crippen molar-refractivity contribution in [1.82, 2.24) is 14.8 Å². The van der Waals surface area contributed by atoms with Crippen LogP contribution in [0, 0.1) is 5.82 Å². The lowest BCUT2D eigenvalue weighted by Crippen LogP contribution is -2.37. The number of fused-ring (bicyclic) bond motifs is 1. The Hall–Kier alpha value is -3.15. The zero-order valence-corrected chi connectivity index (χ0v) is 15.7. The van der Waals surface area contributed by atoms with Gasteiger partial charge in [-0.3, -0.25) is 9.59 Å². The average Bonchev–Trinajstić information content (AvgIpc) is 3.17. The van der Waals surface area contributed by atoms with E-state index in [1.165, 1.54) is 12.1 Å². The van der Waals surface area contributed by atoms with Gasteiger partial charge in [-0.2, -0.15) is 0 Å². The van der Waals surface area contributed by atoms with Crippen LogP contribution in [0.5, 0.6) is 0 Å². The van der Waals surface area contributed by atoms with Gasteiger partial charge < -0.3 is 14.8 Å². The van der Waals surface area contributed by atoms with Crippen molar-refractivity contribution in [3.05, 3.63) is 71.7 Å². The molecule has 1 atom stereocenters. The van der Waals surface area contributed by atoms with Crippen LogP contribution >= 0.6 is 0 Å². The predicted octanol–water partition coefficient (Wildman–Crippen LogP) is 2.78. The first-order chi connectivity index (χ1) is 13.5. The average molecular weight is 379 g/mol. The number of nitrogens with zero attached hydrogens (tertiary/aromatic N) is 2. The van der Waals surface area contributed by atoms with Crippen molar-refractivity contribution in [1.29, 1.82) is 0 Å². The predicted molar refractivity (Wildman–Crippen MR) is 105 cm³/mol. The lowest BCUT2D eigenvalue weighted by atomic mass is 10.1. The fourth-order valence-electron chi connectivity index (χ4n) is 3.85. The summed E-state index contributed by atoms with van der Waals surface area (Å²) in [6.07, 6.45) is 2.55. The van der Waals surface area contributed by atoms with Crippen molar-refractivity contribution in [2.24, 2.45) is 7.05 Å². The third-order valence-corrected chi connectivity index (χ3v) is 5.20. The number of aryl methyl sites for hydroxylation is 1. The first-order valence-electron chi connectivity index (χ1n) is 9.34. The minimum absolute atomic E-state index is 0.000198. The molecule has 6 heteroatoms. The molecule has 1 fully saturated rings. The van der Waals surface area contributed by atoms with Gasteiger partial charge in [-0.25, -0.2) is 4.39 Å². The number of aromatic nitrogens is 1. The van der Waals surface area contributed by atoms with E-state index in [2.05, 4.69) is 5.32 Å². The largest absolute Gasteiger partial charge is 0.351 e. The molecule has 0 spiro atoms. The zero-order chi connectivity index (χ0) is 19.7. The second-order valence-electron chi connectivity index (χ2n) is 7.33. The smallest absolute Gasteiger partial charge is 0.225 e. The molecule has 3 aromatic rings. The number of likely N-dealkylation sites (tertiary alicyclic amines) is 1. The van der Waals surface area contributed by atoms with Gasteiger partial charge in [0, 0.05) is 43.7 Å². The van der Waals surface area contributed by atoms with Gasteiger partial charge in [0.15, 0.2) is 0 Å². The maximum absolute atomic E-state index is 13.0. The fraction of sp³-hybridized carbons (Fsp3) is 0.273. The first-order valence-corrected chi connectivity index (χ1v) is 9.34. The minimum Gasteiger partial charge on any atom is -0.351 e. The van der Waals surface area contributed by atoms with Crippen molar-refractivity contribution < 1.29 is 14.0 Å². The van der Waals surface area contributed by atoms with E-state index in [0.717, 1.165) is 22.0 Å². The van der Waals surface area contributed by atoms with Gasteiger partial charge in [-0.15, -0.1) is 0 Å². The van der Waals surface area contributed by atoms with Crippen LogP contribution < -0.4 is 5.32 Å². The highest BCUT2D eigenvalue weighted by Crippen LogP contribution is 2.21. The SMILES string of the molecule is Cn1cc(CC(=O)N[C@@H]2CC(=O)N(Cc3ccc(F)cc3)C2)c2ccccc21.